The van der Waals surface area contributed by atoms with Crippen LogP contribution in [0.1, 0.15) is 25.2 Å². The highest BCUT2D eigenvalue weighted by Gasteiger charge is 2.17. The van der Waals surface area contributed by atoms with Gasteiger partial charge in [-0.3, -0.25) is 10.1 Å². The van der Waals surface area contributed by atoms with E-state index in [2.05, 4.69) is 9.97 Å². The van der Waals surface area contributed by atoms with Gasteiger partial charge in [-0.1, -0.05) is 19.9 Å². The number of aromatic amines is 1. The van der Waals surface area contributed by atoms with Crippen LogP contribution in [-0.4, -0.2) is 14.9 Å². The molecule has 0 amide bonds. The minimum atomic E-state index is -0.391. The monoisotopic (exact) mass is 221 g/mol. The minimum Gasteiger partial charge on any atom is -0.342 e. The molecule has 2 rings (SSSR count). The fourth-order valence-electron chi connectivity index (χ4n) is 1.52. The Bertz CT molecular complexity index is 517. The summed E-state index contributed by atoms with van der Waals surface area (Å²) in [6.07, 6.45) is 0. The number of imidazole rings is 1. The fraction of sp³-hybridized carbons (Fsp3) is 0.364. The number of aromatic nitrogens is 2. The molecule has 1 aromatic heterocycles. The van der Waals surface area contributed by atoms with E-state index in [1.807, 2.05) is 13.8 Å². The Labute approximate surface area is 93.7 Å². The number of nitrogens with zero attached hydrogens (tertiary/aromatic N) is 2. The van der Waals surface area contributed by atoms with E-state index in [1.165, 1.54) is 0 Å². The van der Waals surface area contributed by atoms with Gasteiger partial charge in [0.15, 0.2) is 5.52 Å². The van der Waals surface area contributed by atoms with Crippen LogP contribution in [0.3, 0.4) is 0 Å². The van der Waals surface area contributed by atoms with E-state index in [0.29, 0.717) is 22.4 Å². The first kappa shape index (κ1) is 12.2. The lowest BCUT2D eigenvalue weighted by atomic mass is 10.2. The van der Waals surface area contributed by atoms with Gasteiger partial charge in [0.05, 0.1) is 10.4 Å². The molecule has 16 heavy (non-hydrogen) atoms. The summed E-state index contributed by atoms with van der Waals surface area (Å²) in [5, 5.41) is 10.8. The molecule has 86 valence electrons. The van der Waals surface area contributed by atoms with Crippen molar-refractivity contribution in [1.29, 1.82) is 0 Å². The molecule has 1 N–H and O–H groups in total. The molecular formula is C11H15N3O2. The van der Waals surface area contributed by atoms with Gasteiger partial charge in [-0.05, 0) is 19.9 Å². The van der Waals surface area contributed by atoms with Gasteiger partial charge >= 0.3 is 0 Å². The standard InChI is InChI=1S/C9H9N3O2.C2H6/c1-5-3-4-7-8(9(5)12(13)14)11-6(2)10-7;1-2/h3-4H,1-2H3,(H,10,11);1-2H3. The van der Waals surface area contributed by atoms with E-state index in [-0.39, 0.29) is 5.69 Å². The molecule has 0 saturated carbocycles. The lowest BCUT2D eigenvalue weighted by Gasteiger charge is -1.96. The van der Waals surface area contributed by atoms with E-state index in [9.17, 15) is 10.1 Å². The molecule has 0 aliphatic carbocycles. The molecule has 0 radical (unpaired) electrons. The van der Waals surface area contributed by atoms with Crippen molar-refractivity contribution >= 4 is 16.7 Å². The number of fused-ring (bicyclic) bond motifs is 1. The Hall–Kier alpha value is -1.91. The zero-order chi connectivity index (χ0) is 12.3. The Kier molecular flexibility index (Phi) is 3.60. The summed E-state index contributed by atoms with van der Waals surface area (Å²) in [4.78, 5) is 17.5. The fourth-order valence-corrected chi connectivity index (χ4v) is 1.52. The predicted octanol–water partition coefficient (Wildman–Crippen LogP) is 3.11. The number of hydrogen-bond donors (Lipinski definition) is 1. The van der Waals surface area contributed by atoms with Crippen LogP contribution in [0, 0.1) is 24.0 Å². The second kappa shape index (κ2) is 4.74. The van der Waals surface area contributed by atoms with E-state index in [4.69, 9.17) is 0 Å². The summed E-state index contributed by atoms with van der Waals surface area (Å²) >= 11 is 0. The van der Waals surface area contributed by atoms with E-state index < -0.39 is 4.92 Å². The normalized spacial score (nSPS) is 9.75. The average Bonchev–Trinajstić information content (AvgIpc) is 2.60. The van der Waals surface area contributed by atoms with Crippen molar-refractivity contribution in [3.05, 3.63) is 33.6 Å². The van der Waals surface area contributed by atoms with Crippen LogP contribution in [0.4, 0.5) is 5.69 Å². The Morgan fingerprint density at radius 2 is 1.94 bits per heavy atom. The van der Waals surface area contributed by atoms with Crippen LogP contribution in [0.5, 0.6) is 0 Å². The van der Waals surface area contributed by atoms with Gasteiger partial charge in [-0.2, -0.15) is 0 Å². The SMILES string of the molecule is CC.Cc1nc2c([N+](=O)[O-])c(C)ccc2[nH]1. The first-order chi connectivity index (χ1) is 7.59. The zero-order valence-corrected chi connectivity index (χ0v) is 9.87. The van der Waals surface area contributed by atoms with Gasteiger partial charge in [0, 0.05) is 5.56 Å². The van der Waals surface area contributed by atoms with Crippen LogP contribution in [-0.2, 0) is 0 Å². The topological polar surface area (TPSA) is 71.8 Å². The van der Waals surface area contributed by atoms with Crippen molar-refractivity contribution in [1.82, 2.24) is 9.97 Å². The summed E-state index contributed by atoms with van der Waals surface area (Å²) in [6, 6.07) is 3.52. The summed E-state index contributed by atoms with van der Waals surface area (Å²) in [7, 11) is 0. The second-order valence-electron chi connectivity index (χ2n) is 3.21. The molecule has 0 unspecified atom stereocenters. The van der Waals surface area contributed by atoms with Crippen molar-refractivity contribution in [2.75, 3.05) is 0 Å². The third-order valence-corrected chi connectivity index (χ3v) is 2.13. The maximum atomic E-state index is 10.8. The number of benzene rings is 1. The van der Waals surface area contributed by atoms with Crippen LogP contribution in [0.15, 0.2) is 12.1 Å². The van der Waals surface area contributed by atoms with Crippen molar-refractivity contribution in [2.45, 2.75) is 27.7 Å². The molecular weight excluding hydrogens is 206 g/mol. The Morgan fingerprint density at radius 3 is 2.50 bits per heavy atom. The quantitative estimate of drug-likeness (QED) is 0.594. The average molecular weight is 221 g/mol. The van der Waals surface area contributed by atoms with Crippen LogP contribution < -0.4 is 0 Å². The van der Waals surface area contributed by atoms with Crippen LogP contribution in [0.25, 0.3) is 11.0 Å². The number of H-pyrrole nitrogens is 1. The molecule has 0 aliphatic rings. The van der Waals surface area contributed by atoms with Crippen molar-refractivity contribution < 1.29 is 4.92 Å². The molecule has 0 aliphatic heterocycles. The van der Waals surface area contributed by atoms with Crippen LogP contribution >= 0.6 is 0 Å². The lowest BCUT2D eigenvalue weighted by Crippen LogP contribution is -1.92. The molecule has 5 heteroatoms. The number of aryl methyl sites for hydroxylation is 2. The number of nitrogens with one attached hydrogen (secondary N) is 1. The minimum absolute atomic E-state index is 0.0897. The molecule has 0 atom stereocenters. The molecule has 2 aromatic rings. The van der Waals surface area contributed by atoms with Gasteiger partial charge in [0.2, 0.25) is 0 Å². The Morgan fingerprint density at radius 1 is 1.31 bits per heavy atom. The zero-order valence-electron chi connectivity index (χ0n) is 9.87. The summed E-state index contributed by atoms with van der Waals surface area (Å²) in [5.74, 6) is 0.689. The Balaban J connectivity index is 0.000000606. The highest BCUT2D eigenvalue weighted by Crippen LogP contribution is 2.26. The van der Waals surface area contributed by atoms with Gasteiger partial charge in [0.1, 0.15) is 5.82 Å². The van der Waals surface area contributed by atoms with E-state index >= 15 is 0 Å². The van der Waals surface area contributed by atoms with Gasteiger partial charge in [0.25, 0.3) is 5.69 Å². The predicted molar refractivity (Wildman–Crippen MR) is 63.6 cm³/mol. The van der Waals surface area contributed by atoms with E-state index in [1.54, 1.807) is 26.0 Å². The van der Waals surface area contributed by atoms with Gasteiger partial charge < -0.3 is 4.98 Å². The molecule has 0 saturated heterocycles. The second-order valence-corrected chi connectivity index (χ2v) is 3.21. The summed E-state index contributed by atoms with van der Waals surface area (Å²) in [5.41, 5.74) is 1.87. The van der Waals surface area contributed by atoms with Gasteiger partial charge in [-0.15, -0.1) is 0 Å². The molecule has 0 fully saturated rings. The van der Waals surface area contributed by atoms with Crippen molar-refractivity contribution in [2.24, 2.45) is 0 Å². The number of nitro groups is 1. The summed E-state index contributed by atoms with van der Waals surface area (Å²) in [6.45, 7) is 7.49. The van der Waals surface area contributed by atoms with E-state index in [0.717, 1.165) is 0 Å². The molecule has 1 aromatic carbocycles. The number of nitro benzene ring substituents is 1. The maximum Gasteiger partial charge on any atom is 0.299 e. The number of hydrogen-bond acceptors (Lipinski definition) is 3. The van der Waals surface area contributed by atoms with Crippen molar-refractivity contribution in [3.63, 3.8) is 0 Å². The maximum absolute atomic E-state index is 10.8. The number of rotatable bonds is 1. The highest BCUT2D eigenvalue weighted by atomic mass is 16.6. The molecule has 0 spiro atoms. The third-order valence-electron chi connectivity index (χ3n) is 2.13. The van der Waals surface area contributed by atoms with Gasteiger partial charge in [-0.25, -0.2) is 4.98 Å². The molecule has 5 nitrogen and oxygen atoms in total. The summed E-state index contributed by atoms with van der Waals surface area (Å²) < 4.78 is 0. The third kappa shape index (κ3) is 2.03. The molecule has 1 heterocycles. The van der Waals surface area contributed by atoms with Crippen LogP contribution in [0.2, 0.25) is 0 Å². The first-order valence-corrected chi connectivity index (χ1v) is 5.20. The lowest BCUT2D eigenvalue weighted by molar-refractivity contribution is -0.383. The largest absolute Gasteiger partial charge is 0.342 e. The molecule has 0 bridgehead atoms. The highest BCUT2D eigenvalue weighted by molar-refractivity contribution is 5.86. The first-order valence-electron chi connectivity index (χ1n) is 5.20. The smallest absolute Gasteiger partial charge is 0.299 e. The van der Waals surface area contributed by atoms with Crippen molar-refractivity contribution in [3.8, 4) is 0 Å².